The van der Waals surface area contributed by atoms with E-state index in [1.807, 2.05) is 6.92 Å². The SMILES string of the molecule is CCCS(=O)(=O)N1CCC2(CC1)OOC1(CCCCCC1)OO2. The fraction of sp³-hybridized carbons (Fsp3) is 1.00. The molecular formula is C15H27NO6S. The van der Waals surface area contributed by atoms with Crippen molar-refractivity contribution in [2.75, 3.05) is 18.8 Å². The zero-order chi connectivity index (χ0) is 16.4. The molecular weight excluding hydrogens is 322 g/mol. The van der Waals surface area contributed by atoms with Gasteiger partial charge in [0.15, 0.2) is 0 Å². The van der Waals surface area contributed by atoms with Crippen LogP contribution in [0.4, 0.5) is 0 Å². The first-order valence-corrected chi connectivity index (χ1v) is 10.3. The molecule has 3 aliphatic rings. The third-order valence-corrected chi connectivity index (χ3v) is 6.97. The molecule has 1 saturated carbocycles. The van der Waals surface area contributed by atoms with Gasteiger partial charge >= 0.3 is 0 Å². The van der Waals surface area contributed by atoms with E-state index in [1.54, 1.807) is 0 Å². The second-order valence-electron chi connectivity index (χ2n) is 6.78. The van der Waals surface area contributed by atoms with E-state index in [0.717, 1.165) is 25.7 Å². The molecule has 0 bridgehead atoms. The third kappa shape index (κ3) is 3.88. The lowest BCUT2D eigenvalue weighted by Crippen LogP contribution is -2.56. The Hall–Kier alpha value is -0.250. The van der Waals surface area contributed by atoms with E-state index < -0.39 is 21.6 Å². The van der Waals surface area contributed by atoms with Crippen molar-refractivity contribution in [1.29, 1.82) is 0 Å². The molecule has 134 valence electrons. The highest BCUT2D eigenvalue weighted by molar-refractivity contribution is 7.89. The predicted octanol–water partition coefficient (Wildman–Crippen LogP) is 2.48. The standard InChI is InChI=1S/C15H27NO6S/c1-2-13-23(17,18)16-11-9-15(10-12-16)21-19-14(20-22-15)7-5-3-4-6-8-14/h2-13H2,1H3. The fourth-order valence-corrected chi connectivity index (χ4v) is 4.94. The summed E-state index contributed by atoms with van der Waals surface area (Å²) in [6.45, 7) is 2.59. The first kappa shape index (κ1) is 17.6. The number of hydrogen-bond donors (Lipinski definition) is 0. The van der Waals surface area contributed by atoms with Gasteiger partial charge in [-0.1, -0.05) is 19.8 Å². The van der Waals surface area contributed by atoms with E-state index in [2.05, 4.69) is 0 Å². The molecule has 0 aromatic rings. The minimum atomic E-state index is -3.18. The summed E-state index contributed by atoms with van der Waals surface area (Å²) < 4.78 is 25.7. The molecule has 3 fully saturated rings. The minimum Gasteiger partial charge on any atom is -0.212 e. The van der Waals surface area contributed by atoms with Gasteiger partial charge in [0.1, 0.15) is 0 Å². The molecule has 0 N–H and O–H groups in total. The van der Waals surface area contributed by atoms with Crippen LogP contribution in [0.1, 0.15) is 64.7 Å². The summed E-state index contributed by atoms with van der Waals surface area (Å²) >= 11 is 0. The van der Waals surface area contributed by atoms with Crippen LogP contribution in [0.3, 0.4) is 0 Å². The summed E-state index contributed by atoms with van der Waals surface area (Å²) in [6.07, 6.45) is 7.36. The first-order valence-electron chi connectivity index (χ1n) is 8.71. The Labute approximate surface area is 138 Å². The minimum absolute atomic E-state index is 0.178. The highest BCUT2D eigenvalue weighted by Crippen LogP contribution is 2.41. The van der Waals surface area contributed by atoms with Crippen LogP contribution in [0.2, 0.25) is 0 Å². The van der Waals surface area contributed by atoms with Crippen molar-refractivity contribution in [3.63, 3.8) is 0 Å². The molecule has 0 aromatic heterocycles. The molecule has 2 saturated heterocycles. The maximum absolute atomic E-state index is 12.1. The van der Waals surface area contributed by atoms with Crippen LogP contribution < -0.4 is 0 Å². The van der Waals surface area contributed by atoms with Crippen LogP contribution >= 0.6 is 0 Å². The van der Waals surface area contributed by atoms with E-state index in [4.69, 9.17) is 19.6 Å². The molecule has 0 unspecified atom stereocenters. The molecule has 0 atom stereocenters. The monoisotopic (exact) mass is 349 g/mol. The summed E-state index contributed by atoms with van der Waals surface area (Å²) in [7, 11) is -3.18. The molecule has 23 heavy (non-hydrogen) atoms. The van der Waals surface area contributed by atoms with Gasteiger partial charge in [0, 0.05) is 38.8 Å². The van der Waals surface area contributed by atoms with Crippen molar-refractivity contribution in [1.82, 2.24) is 4.31 Å². The Balaban J connectivity index is 1.56. The number of sulfonamides is 1. The Morgan fingerprint density at radius 3 is 1.78 bits per heavy atom. The molecule has 2 aliphatic heterocycles. The largest absolute Gasteiger partial charge is 0.236 e. The number of hydrogen-bond acceptors (Lipinski definition) is 6. The average molecular weight is 349 g/mol. The molecule has 0 aromatic carbocycles. The van der Waals surface area contributed by atoms with Crippen LogP contribution in [0.25, 0.3) is 0 Å². The second-order valence-corrected chi connectivity index (χ2v) is 8.87. The highest BCUT2D eigenvalue weighted by Gasteiger charge is 2.51. The summed E-state index contributed by atoms with van der Waals surface area (Å²) in [5, 5.41) is 0. The van der Waals surface area contributed by atoms with Crippen molar-refractivity contribution in [2.45, 2.75) is 76.3 Å². The lowest BCUT2D eigenvalue weighted by Gasteiger charge is -2.45. The van der Waals surface area contributed by atoms with Gasteiger partial charge in [0.2, 0.25) is 21.6 Å². The normalized spacial score (nSPS) is 28.7. The van der Waals surface area contributed by atoms with E-state index >= 15 is 0 Å². The Morgan fingerprint density at radius 1 is 0.826 bits per heavy atom. The molecule has 0 amide bonds. The van der Waals surface area contributed by atoms with Gasteiger partial charge in [-0.05, 0) is 19.3 Å². The predicted molar refractivity (Wildman–Crippen MR) is 82.4 cm³/mol. The third-order valence-electron chi connectivity index (χ3n) is 4.90. The van der Waals surface area contributed by atoms with E-state index in [0.29, 0.717) is 32.4 Å². The average Bonchev–Trinajstić information content (AvgIpc) is 2.77. The smallest absolute Gasteiger partial charge is 0.212 e. The number of rotatable bonds is 3. The maximum atomic E-state index is 12.1. The van der Waals surface area contributed by atoms with Crippen LogP contribution in [0.5, 0.6) is 0 Å². The maximum Gasteiger partial charge on any atom is 0.236 e. The number of piperidine rings is 1. The quantitative estimate of drug-likeness (QED) is 0.729. The molecule has 1 aliphatic carbocycles. The zero-order valence-electron chi connectivity index (χ0n) is 13.8. The zero-order valence-corrected chi connectivity index (χ0v) is 14.6. The highest BCUT2D eigenvalue weighted by atomic mass is 32.2. The van der Waals surface area contributed by atoms with E-state index in [1.165, 1.54) is 17.1 Å². The van der Waals surface area contributed by atoms with Crippen LogP contribution in [0.15, 0.2) is 0 Å². The summed E-state index contributed by atoms with van der Waals surface area (Å²) in [6, 6.07) is 0. The van der Waals surface area contributed by atoms with Crippen molar-refractivity contribution in [3.05, 3.63) is 0 Å². The Kier molecular flexibility index (Phi) is 5.30. The molecule has 3 rings (SSSR count). The van der Waals surface area contributed by atoms with Gasteiger partial charge in [-0.25, -0.2) is 12.7 Å². The fourth-order valence-electron chi connectivity index (χ4n) is 3.42. The van der Waals surface area contributed by atoms with Gasteiger partial charge in [-0.3, -0.25) is 0 Å². The summed E-state index contributed by atoms with van der Waals surface area (Å²) in [4.78, 5) is 22.5. The molecule has 2 spiro atoms. The van der Waals surface area contributed by atoms with Crippen molar-refractivity contribution in [3.8, 4) is 0 Å². The molecule has 8 heteroatoms. The molecule has 2 heterocycles. The van der Waals surface area contributed by atoms with Crippen LogP contribution in [-0.4, -0.2) is 43.1 Å². The first-order chi connectivity index (χ1) is 11.0. The second kappa shape index (κ2) is 6.93. The molecule has 0 radical (unpaired) electrons. The Bertz CT molecular complexity index is 480. The van der Waals surface area contributed by atoms with Crippen molar-refractivity contribution < 1.29 is 28.0 Å². The lowest BCUT2D eigenvalue weighted by molar-refractivity contribution is -0.661. The van der Waals surface area contributed by atoms with E-state index in [-0.39, 0.29) is 5.75 Å². The Morgan fingerprint density at radius 2 is 1.30 bits per heavy atom. The van der Waals surface area contributed by atoms with Gasteiger partial charge in [0.05, 0.1) is 5.75 Å². The van der Waals surface area contributed by atoms with Crippen LogP contribution in [-0.2, 0) is 29.6 Å². The summed E-state index contributed by atoms with van der Waals surface area (Å²) in [5.74, 6) is -1.58. The molecule has 7 nitrogen and oxygen atoms in total. The summed E-state index contributed by atoms with van der Waals surface area (Å²) in [5.41, 5.74) is 0. The lowest BCUT2D eigenvalue weighted by atomic mass is 10.1. The van der Waals surface area contributed by atoms with Crippen molar-refractivity contribution >= 4 is 10.0 Å². The van der Waals surface area contributed by atoms with Gasteiger partial charge in [-0.15, -0.1) is 0 Å². The van der Waals surface area contributed by atoms with Crippen LogP contribution in [0, 0.1) is 0 Å². The van der Waals surface area contributed by atoms with Crippen molar-refractivity contribution in [2.24, 2.45) is 0 Å². The topological polar surface area (TPSA) is 74.3 Å². The van der Waals surface area contributed by atoms with Gasteiger partial charge < -0.3 is 0 Å². The van der Waals surface area contributed by atoms with Gasteiger partial charge in [-0.2, -0.15) is 19.6 Å². The number of nitrogens with zero attached hydrogens (tertiary/aromatic N) is 1. The van der Waals surface area contributed by atoms with E-state index in [9.17, 15) is 8.42 Å². The van der Waals surface area contributed by atoms with Gasteiger partial charge in [0.25, 0.3) is 0 Å².